The normalized spacial score (nSPS) is 17.7. The fourth-order valence-corrected chi connectivity index (χ4v) is 3.90. The minimum absolute atomic E-state index is 0.157. The molecule has 3 rings (SSSR count). The predicted molar refractivity (Wildman–Crippen MR) is 95.7 cm³/mol. The third-order valence-electron chi connectivity index (χ3n) is 4.14. The molecular formula is C18H16ClNO3S. The number of aliphatic hydroxyl groups is 1. The first-order valence-electron chi connectivity index (χ1n) is 7.55. The van der Waals surface area contributed by atoms with Gasteiger partial charge in [-0.1, -0.05) is 30.7 Å². The van der Waals surface area contributed by atoms with E-state index in [1.807, 2.05) is 24.4 Å². The molecule has 124 valence electrons. The summed E-state index contributed by atoms with van der Waals surface area (Å²) in [5.74, 6) is -1.28. The van der Waals surface area contributed by atoms with Gasteiger partial charge >= 0.3 is 0 Å². The van der Waals surface area contributed by atoms with Crippen LogP contribution in [-0.2, 0) is 9.59 Å². The van der Waals surface area contributed by atoms with E-state index in [0.29, 0.717) is 10.7 Å². The number of ketones is 1. The lowest BCUT2D eigenvalue weighted by Gasteiger charge is -2.27. The van der Waals surface area contributed by atoms with Gasteiger partial charge in [0.25, 0.3) is 5.91 Å². The van der Waals surface area contributed by atoms with Crippen molar-refractivity contribution >= 4 is 40.3 Å². The van der Waals surface area contributed by atoms with Gasteiger partial charge in [0.2, 0.25) is 0 Å². The average molecular weight is 362 g/mol. The summed E-state index contributed by atoms with van der Waals surface area (Å²) in [5, 5.41) is 12.8. The maximum atomic E-state index is 12.7. The third-order valence-corrected chi connectivity index (χ3v) is 5.48. The van der Waals surface area contributed by atoms with Gasteiger partial charge < -0.3 is 5.11 Å². The van der Waals surface area contributed by atoms with E-state index >= 15 is 0 Å². The van der Waals surface area contributed by atoms with Crippen molar-refractivity contribution in [1.29, 1.82) is 0 Å². The Kier molecular flexibility index (Phi) is 4.47. The van der Waals surface area contributed by atoms with E-state index in [9.17, 15) is 14.7 Å². The second-order valence-electron chi connectivity index (χ2n) is 5.52. The lowest BCUT2D eigenvalue weighted by Crippen LogP contribution is -2.31. The lowest BCUT2D eigenvalue weighted by molar-refractivity contribution is -0.118. The van der Waals surface area contributed by atoms with Crippen LogP contribution in [-0.4, -0.2) is 16.8 Å². The molecule has 0 bridgehead atoms. The Morgan fingerprint density at radius 3 is 2.71 bits per heavy atom. The minimum Gasteiger partial charge on any atom is -0.503 e. The molecule has 1 unspecified atom stereocenters. The number of amides is 1. The fourth-order valence-electron chi connectivity index (χ4n) is 2.90. The maximum absolute atomic E-state index is 12.7. The Balaban J connectivity index is 2.21. The number of nitrogens with zero attached hydrogens (tertiary/aromatic N) is 1. The molecule has 24 heavy (non-hydrogen) atoms. The Morgan fingerprint density at radius 2 is 2.08 bits per heavy atom. The average Bonchev–Trinajstić information content (AvgIpc) is 3.18. The quantitative estimate of drug-likeness (QED) is 0.866. The number of hydrogen-bond donors (Lipinski definition) is 1. The summed E-state index contributed by atoms with van der Waals surface area (Å²) >= 11 is 7.64. The Labute approximate surface area is 149 Å². The van der Waals surface area contributed by atoms with E-state index < -0.39 is 17.7 Å². The van der Waals surface area contributed by atoms with Crippen LogP contribution in [0.5, 0.6) is 0 Å². The van der Waals surface area contributed by atoms with E-state index in [-0.39, 0.29) is 17.8 Å². The van der Waals surface area contributed by atoms with Gasteiger partial charge in [0.05, 0.1) is 5.57 Å². The van der Waals surface area contributed by atoms with E-state index in [4.69, 9.17) is 11.6 Å². The number of Topliss-reactive ketones (excluding diaryl/α,β-unsaturated/α-hetero) is 1. The highest BCUT2D eigenvalue weighted by Crippen LogP contribution is 2.44. The molecule has 1 N–H and O–H groups in total. The van der Waals surface area contributed by atoms with Crippen LogP contribution < -0.4 is 4.90 Å². The first-order valence-corrected chi connectivity index (χ1v) is 8.81. The van der Waals surface area contributed by atoms with Gasteiger partial charge in [0.1, 0.15) is 6.04 Å². The summed E-state index contributed by atoms with van der Waals surface area (Å²) in [4.78, 5) is 27.4. The van der Waals surface area contributed by atoms with Crippen molar-refractivity contribution in [3.8, 4) is 0 Å². The fraction of sp³-hybridized carbons (Fsp3) is 0.222. The van der Waals surface area contributed by atoms with E-state index in [1.54, 1.807) is 25.1 Å². The number of rotatable bonds is 4. The number of thiophene rings is 1. The standard InChI is InChI=1S/C18H16ClNO3S/c1-3-13(21)15-16(14-8-5-9-24-14)20(18(23)17(15)22)12-7-4-6-11(19)10(12)2/h4-9,16,22H,3H2,1-2H3. The van der Waals surface area contributed by atoms with Crippen molar-refractivity contribution in [2.24, 2.45) is 0 Å². The van der Waals surface area contributed by atoms with Crippen molar-refractivity contribution in [3.05, 3.63) is 62.5 Å². The predicted octanol–water partition coefficient (Wildman–Crippen LogP) is 4.59. The molecule has 0 saturated heterocycles. The highest BCUT2D eigenvalue weighted by atomic mass is 35.5. The van der Waals surface area contributed by atoms with Crippen LogP contribution in [0.25, 0.3) is 0 Å². The highest BCUT2D eigenvalue weighted by Gasteiger charge is 2.44. The minimum atomic E-state index is -0.623. The largest absolute Gasteiger partial charge is 0.503 e. The summed E-state index contributed by atoms with van der Waals surface area (Å²) in [6.45, 7) is 3.53. The van der Waals surface area contributed by atoms with Crippen LogP contribution in [0, 0.1) is 6.92 Å². The zero-order valence-electron chi connectivity index (χ0n) is 13.2. The smallest absolute Gasteiger partial charge is 0.294 e. The number of aliphatic hydroxyl groups excluding tert-OH is 1. The molecule has 1 aromatic heterocycles. The molecule has 1 atom stereocenters. The van der Waals surface area contributed by atoms with Crippen LogP contribution in [0.1, 0.15) is 29.8 Å². The first-order chi connectivity index (χ1) is 11.5. The van der Waals surface area contributed by atoms with E-state index in [2.05, 4.69) is 0 Å². The molecular weight excluding hydrogens is 346 g/mol. The highest BCUT2D eigenvalue weighted by molar-refractivity contribution is 7.10. The summed E-state index contributed by atoms with van der Waals surface area (Å²) in [6.07, 6.45) is 0.219. The first kappa shape index (κ1) is 16.7. The number of benzene rings is 1. The van der Waals surface area contributed by atoms with Crippen LogP contribution in [0.3, 0.4) is 0 Å². The molecule has 0 fully saturated rings. The SMILES string of the molecule is CCC(=O)C1=C(O)C(=O)N(c2cccc(Cl)c2C)C1c1cccs1. The van der Waals surface area contributed by atoms with Gasteiger partial charge in [-0.15, -0.1) is 11.3 Å². The number of hydrogen-bond acceptors (Lipinski definition) is 4. The topological polar surface area (TPSA) is 57.6 Å². The molecule has 2 heterocycles. The van der Waals surface area contributed by atoms with Crippen molar-refractivity contribution in [2.45, 2.75) is 26.3 Å². The summed E-state index contributed by atoms with van der Waals surface area (Å²) < 4.78 is 0. The zero-order chi connectivity index (χ0) is 17.4. The third kappa shape index (κ3) is 2.54. The molecule has 6 heteroatoms. The maximum Gasteiger partial charge on any atom is 0.294 e. The second kappa shape index (κ2) is 6.42. The Morgan fingerprint density at radius 1 is 1.33 bits per heavy atom. The molecule has 1 aromatic carbocycles. The number of carbonyl (C=O) groups excluding carboxylic acids is 2. The molecule has 1 amide bonds. The van der Waals surface area contributed by atoms with Gasteiger partial charge in [-0.2, -0.15) is 0 Å². The van der Waals surface area contributed by atoms with Crippen molar-refractivity contribution in [2.75, 3.05) is 4.90 Å². The van der Waals surface area contributed by atoms with Crippen molar-refractivity contribution in [3.63, 3.8) is 0 Å². The van der Waals surface area contributed by atoms with Gasteiger partial charge in [-0.05, 0) is 36.1 Å². The monoisotopic (exact) mass is 361 g/mol. The van der Waals surface area contributed by atoms with Crippen LogP contribution >= 0.6 is 22.9 Å². The Hall–Kier alpha value is -2.11. The molecule has 1 aliphatic rings. The van der Waals surface area contributed by atoms with Gasteiger partial charge in [-0.25, -0.2) is 0 Å². The van der Waals surface area contributed by atoms with E-state index in [1.165, 1.54) is 16.2 Å². The number of halogens is 1. The summed E-state index contributed by atoms with van der Waals surface area (Å²) in [7, 11) is 0. The van der Waals surface area contributed by atoms with Crippen molar-refractivity contribution in [1.82, 2.24) is 0 Å². The lowest BCUT2D eigenvalue weighted by atomic mass is 10.00. The second-order valence-corrected chi connectivity index (χ2v) is 6.90. The van der Waals surface area contributed by atoms with Crippen molar-refractivity contribution < 1.29 is 14.7 Å². The molecule has 0 saturated carbocycles. The molecule has 1 aliphatic heterocycles. The summed E-state index contributed by atoms with van der Waals surface area (Å²) in [5.41, 5.74) is 1.48. The van der Waals surface area contributed by atoms with Crippen LogP contribution in [0.15, 0.2) is 47.0 Å². The molecule has 0 aliphatic carbocycles. The van der Waals surface area contributed by atoms with Crippen LogP contribution in [0.4, 0.5) is 5.69 Å². The Bertz CT molecular complexity index is 842. The van der Waals surface area contributed by atoms with Crippen LogP contribution in [0.2, 0.25) is 5.02 Å². The number of carbonyl (C=O) groups is 2. The molecule has 0 radical (unpaired) electrons. The van der Waals surface area contributed by atoms with Gasteiger partial charge in [0, 0.05) is 22.0 Å². The van der Waals surface area contributed by atoms with E-state index in [0.717, 1.165) is 10.4 Å². The van der Waals surface area contributed by atoms with Gasteiger partial charge in [0.15, 0.2) is 11.5 Å². The molecule has 2 aromatic rings. The van der Waals surface area contributed by atoms with Gasteiger partial charge in [-0.3, -0.25) is 14.5 Å². The molecule has 4 nitrogen and oxygen atoms in total. The number of anilines is 1. The molecule has 0 spiro atoms. The summed E-state index contributed by atoms with van der Waals surface area (Å²) in [6, 6.07) is 8.36. The zero-order valence-corrected chi connectivity index (χ0v) is 14.8.